The summed E-state index contributed by atoms with van der Waals surface area (Å²) < 4.78 is 1.10. The SMILES string of the molecule is Brc1cccc(-c2c[nH]c([C@@H](NC3CCCCC3)C3CCCCC3)n2)c1. The Bertz CT molecular complexity index is 699. The molecule has 2 aliphatic rings. The molecule has 0 radical (unpaired) electrons. The number of nitrogens with one attached hydrogen (secondary N) is 2. The lowest BCUT2D eigenvalue weighted by Crippen LogP contribution is -2.39. The van der Waals surface area contributed by atoms with E-state index in [0.717, 1.165) is 16.0 Å². The predicted molar refractivity (Wildman–Crippen MR) is 111 cm³/mol. The van der Waals surface area contributed by atoms with E-state index in [0.29, 0.717) is 18.0 Å². The molecule has 2 N–H and O–H groups in total. The van der Waals surface area contributed by atoms with E-state index in [1.165, 1.54) is 69.8 Å². The second-order valence-corrected chi connectivity index (χ2v) is 8.97. The van der Waals surface area contributed by atoms with Gasteiger partial charge in [-0.05, 0) is 43.7 Å². The van der Waals surface area contributed by atoms with Gasteiger partial charge in [-0.3, -0.25) is 0 Å². The molecule has 1 atom stereocenters. The molecule has 2 fully saturated rings. The number of H-pyrrole nitrogens is 1. The van der Waals surface area contributed by atoms with Crippen LogP contribution < -0.4 is 5.32 Å². The van der Waals surface area contributed by atoms with E-state index in [1.54, 1.807) is 0 Å². The Morgan fingerprint density at radius 2 is 1.73 bits per heavy atom. The van der Waals surface area contributed by atoms with Gasteiger partial charge in [0.2, 0.25) is 0 Å². The number of imidazole rings is 1. The monoisotopic (exact) mass is 415 g/mol. The molecule has 4 rings (SSSR count). The lowest BCUT2D eigenvalue weighted by molar-refractivity contribution is 0.227. The summed E-state index contributed by atoms with van der Waals surface area (Å²) >= 11 is 3.57. The molecule has 1 aromatic carbocycles. The predicted octanol–water partition coefficient (Wildman–Crippen LogP) is 6.38. The molecule has 140 valence electrons. The van der Waals surface area contributed by atoms with Crippen LogP contribution in [0.5, 0.6) is 0 Å². The van der Waals surface area contributed by atoms with Crippen molar-refractivity contribution in [2.75, 3.05) is 0 Å². The van der Waals surface area contributed by atoms with Crippen LogP contribution in [0.4, 0.5) is 0 Å². The molecular formula is C22H30BrN3. The third-order valence-electron chi connectivity index (χ3n) is 6.15. The van der Waals surface area contributed by atoms with Crippen molar-refractivity contribution in [3.8, 4) is 11.3 Å². The normalized spacial score (nSPS) is 21.0. The highest BCUT2D eigenvalue weighted by Crippen LogP contribution is 2.35. The van der Waals surface area contributed by atoms with Crippen molar-refractivity contribution in [2.45, 2.75) is 76.3 Å². The highest BCUT2D eigenvalue weighted by molar-refractivity contribution is 9.10. The first-order valence-corrected chi connectivity index (χ1v) is 11.2. The standard InChI is InChI=1S/C22H30BrN3/c23-18-11-7-10-17(14-18)20-15-24-22(26-20)21(16-8-3-1-4-9-16)25-19-12-5-2-6-13-19/h7,10-11,14-16,19,21,25H,1-6,8-9,12-13H2,(H,24,26)/t21-/m0/s1. The van der Waals surface area contributed by atoms with Gasteiger partial charge >= 0.3 is 0 Å². The summed E-state index contributed by atoms with van der Waals surface area (Å²) in [4.78, 5) is 8.55. The maximum absolute atomic E-state index is 5.02. The molecule has 0 aliphatic heterocycles. The van der Waals surface area contributed by atoms with Crippen LogP contribution in [0, 0.1) is 5.92 Å². The van der Waals surface area contributed by atoms with Crippen molar-refractivity contribution >= 4 is 15.9 Å². The number of nitrogens with zero attached hydrogens (tertiary/aromatic N) is 1. The third-order valence-corrected chi connectivity index (χ3v) is 6.65. The van der Waals surface area contributed by atoms with E-state index >= 15 is 0 Å². The molecule has 0 bridgehead atoms. The Kier molecular flexibility index (Phi) is 6.11. The molecule has 2 aliphatic carbocycles. The van der Waals surface area contributed by atoms with Crippen LogP contribution in [-0.2, 0) is 0 Å². The Balaban J connectivity index is 1.56. The summed E-state index contributed by atoms with van der Waals surface area (Å²) in [6.45, 7) is 0. The summed E-state index contributed by atoms with van der Waals surface area (Å²) in [6, 6.07) is 9.45. The topological polar surface area (TPSA) is 40.7 Å². The van der Waals surface area contributed by atoms with Gasteiger partial charge in [-0.2, -0.15) is 0 Å². The van der Waals surface area contributed by atoms with Gasteiger partial charge in [0.05, 0.1) is 11.7 Å². The molecule has 0 spiro atoms. The summed E-state index contributed by atoms with van der Waals surface area (Å²) in [5.74, 6) is 1.85. The fourth-order valence-corrected chi connectivity index (χ4v) is 5.12. The lowest BCUT2D eigenvalue weighted by Gasteiger charge is -2.34. The van der Waals surface area contributed by atoms with Crippen LogP contribution >= 0.6 is 15.9 Å². The van der Waals surface area contributed by atoms with E-state index in [1.807, 2.05) is 0 Å². The van der Waals surface area contributed by atoms with Gasteiger partial charge < -0.3 is 10.3 Å². The zero-order chi connectivity index (χ0) is 17.8. The Labute approximate surface area is 165 Å². The first kappa shape index (κ1) is 18.2. The minimum atomic E-state index is 0.374. The molecule has 0 unspecified atom stereocenters. The summed E-state index contributed by atoms with van der Waals surface area (Å²) in [5, 5.41) is 4.02. The molecular weight excluding hydrogens is 386 g/mol. The minimum Gasteiger partial charge on any atom is -0.347 e. The Morgan fingerprint density at radius 3 is 2.46 bits per heavy atom. The largest absolute Gasteiger partial charge is 0.347 e. The van der Waals surface area contributed by atoms with Gasteiger partial charge in [0.1, 0.15) is 5.82 Å². The van der Waals surface area contributed by atoms with Crippen molar-refractivity contribution in [3.63, 3.8) is 0 Å². The highest BCUT2D eigenvalue weighted by Gasteiger charge is 2.29. The van der Waals surface area contributed by atoms with Crippen LogP contribution in [0.25, 0.3) is 11.3 Å². The van der Waals surface area contributed by atoms with Crippen LogP contribution in [-0.4, -0.2) is 16.0 Å². The van der Waals surface area contributed by atoms with Crippen LogP contribution in [0.2, 0.25) is 0 Å². The number of hydrogen-bond donors (Lipinski definition) is 2. The minimum absolute atomic E-state index is 0.374. The molecule has 3 nitrogen and oxygen atoms in total. The first-order valence-electron chi connectivity index (χ1n) is 10.4. The second kappa shape index (κ2) is 8.71. The fraction of sp³-hybridized carbons (Fsp3) is 0.591. The second-order valence-electron chi connectivity index (χ2n) is 8.06. The third kappa shape index (κ3) is 4.40. The highest BCUT2D eigenvalue weighted by atomic mass is 79.9. The smallest absolute Gasteiger partial charge is 0.124 e. The molecule has 2 saturated carbocycles. The van der Waals surface area contributed by atoms with E-state index in [4.69, 9.17) is 4.98 Å². The first-order chi connectivity index (χ1) is 12.8. The van der Waals surface area contributed by atoms with Gasteiger partial charge in [-0.25, -0.2) is 4.98 Å². The summed E-state index contributed by atoms with van der Waals surface area (Å²) in [5.41, 5.74) is 2.22. The molecule has 0 saturated heterocycles. The van der Waals surface area contributed by atoms with Crippen molar-refractivity contribution in [1.82, 2.24) is 15.3 Å². The Hall–Kier alpha value is -1.13. The van der Waals surface area contributed by atoms with Crippen LogP contribution in [0.1, 0.15) is 76.1 Å². The number of halogens is 1. The van der Waals surface area contributed by atoms with Crippen LogP contribution in [0.15, 0.2) is 34.9 Å². The van der Waals surface area contributed by atoms with E-state index < -0.39 is 0 Å². The lowest BCUT2D eigenvalue weighted by atomic mass is 9.82. The number of rotatable bonds is 5. The number of aromatic nitrogens is 2. The molecule has 4 heteroatoms. The molecule has 2 aromatic rings. The van der Waals surface area contributed by atoms with Crippen molar-refractivity contribution in [3.05, 3.63) is 40.8 Å². The number of aromatic amines is 1. The van der Waals surface area contributed by atoms with E-state index in [-0.39, 0.29) is 0 Å². The van der Waals surface area contributed by atoms with Crippen molar-refractivity contribution in [1.29, 1.82) is 0 Å². The van der Waals surface area contributed by atoms with Crippen molar-refractivity contribution in [2.24, 2.45) is 5.92 Å². The van der Waals surface area contributed by atoms with Gasteiger partial charge in [0.25, 0.3) is 0 Å². The maximum Gasteiger partial charge on any atom is 0.124 e. The molecule has 1 heterocycles. The zero-order valence-electron chi connectivity index (χ0n) is 15.5. The average molecular weight is 416 g/mol. The molecule has 0 amide bonds. The van der Waals surface area contributed by atoms with Crippen molar-refractivity contribution < 1.29 is 0 Å². The van der Waals surface area contributed by atoms with Gasteiger partial charge in [0, 0.05) is 22.3 Å². The number of hydrogen-bond acceptors (Lipinski definition) is 2. The summed E-state index contributed by atoms with van der Waals surface area (Å²) in [6.07, 6.45) is 15.7. The number of benzene rings is 1. The molecule has 1 aromatic heterocycles. The summed E-state index contributed by atoms with van der Waals surface area (Å²) in [7, 11) is 0. The van der Waals surface area contributed by atoms with Gasteiger partial charge in [-0.1, -0.05) is 66.6 Å². The quantitative estimate of drug-likeness (QED) is 0.594. The van der Waals surface area contributed by atoms with E-state index in [2.05, 4.69) is 56.7 Å². The van der Waals surface area contributed by atoms with E-state index in [9.17, 15) is 0 Å². The van der Waals surface area contributed by atoms with Crippen LogP contribution in [0.3, 0.4) is 0 Å². The van der Waals surface area contributed by atoms with Gasteiger partial charge in [-0.15, -0.1) is 0 Å². The maximum atomic E-state index is 5.02. The average Bonchev–Trinajstić information content (AvgIpc) is 3.18. The fourth-order valence-electron chi connectivity index (χ4n) is 4.72. The Morgan fingerprint density at radius 1 is 1.00 bits per heavy atom. The molecule has 26 heavy (non-hydrogen) atoms. The zero-order valence-corrected chi connectivity index (χ0v) is 17.1. The van der Waals surface area contributed by atoms with Gasteiger partial charge in [0.15, 0.2) is 0 Å².